The topological polar surface area (TPSA) is 86.5 Å². The third-order valence-electron chi connectivity index (χ3n) is 7.60. The van der Waals surface area contributed by atoms with E-state index in [2.05, 4.69) is 20.4 Å². The second-order valence-electron chi connectivity index (χ2n) is 9.92. The molecule has 4 rings (SSSR count). The fourth-order valence-corrected chi connectivity index (χ4v) is 5.69. The maximum absolute atomic E-state index is 13.4. The lowest BCUT2D eigenvalue weighted by Gasteiger charge is -2.34. The standard InChI is InChI=1S/C25H42N6O/c1-27-23-20(17-26)16-22(24(29-23)31-12-6-2-3-7-13-31)25(32)28-21-10-14-30(15-11-21)18-19-8-4-5-9-19/h16,19,21H,2-15,17-18,26H2,1H3,(H,27,29)(H,28,32). The summed E-state index contributed by atoms with van der Waals surface area (Å²) in [7, 11) is 1.87. The minimum Gasteiger partial charge on any atom is -0.373 e. The predicted molar refractivity (Wildman–Crippen MR) is 131 cm³/mol. The number of nitrogens with zero attached hydrogens (tertiary/aromatic N) is 3. The van der Waals surface area contributed by atoms with Crippen LogP contribution >= 0.6 is 0 Å². The van der Waals surface area contributed by atoms with Crippen molar-refractivity contribution in [3.05, 3.63) is 17.2 Å². The van der Waals surface area contributed by atoms with Gasteiger partial charge in [-0.05, 0) is 50.5 Å². The summed E-state index contributed by atoms with van der Waals surface area (Å²) in [6.45, 7) is 5.70. The number of nitrogens with two attached hydrogens (primary N) is 1. The molecule has 0 aromatic carbocycles. The Kier molecular flexibility index (Phi) is 8.25. The van der Waals surface area contributed by atoms with E-state index in [-0.39, 0.29) is 11.9 Å². The maximum atomic E-state index is 13.4. The van der Waals surface area contributed by atoms with Crippen LogP contribution in [-0.4, -0.2) is 61.6 Å². The molecule has 1 aliphatic carbocycles. The summed E-state index contributed by atoms with van der Waals surface area (Å²) in [4.78, 5) is 23.2. The van der Waals surface area contributed by atoms with Gasteiger partial charge in [0.25, 0.3) is 5.91 Å². The van der Waals surface area contributed by atoms with Crippen LogP contribution in [0.5, 0.6) is 0 Å². The summed E-state index contributed by atoms with van der Waals surface area (Å²) in [5.41, 5.74) is 7.56. The van der Waals surface area contributed by atoms with Crippen LogP contribution < -0.4 is 21.3 Å². The molecule has 3 aliphatic rings. The molecule has 3 heterocycles. The molecule has 2 aliphatic heterocycles. The van der Waals surface area contributed by atoms with Crippen LogP contribution in [0.1, 0.15) is 80.1 Å². The van der Waals surface area contributed by atoms with E-state index in [0.717, 1.165) is 75.0 Å². The van der Waals surface area contributed by atoms with Gasteiger partial charge in [0.1, 0.15) is 11.6 Å². The molecule has 7 nitrogen and oxygen atoms in total. The molecule has 1 amide bonds. The highest BCUT2D eigenvalue weighted by Gasteiger charge is 2.27. The number of pyridine rings is 1. The summed E-state index contributed by atoms with van der Waals surface area (Å²) in [5.74, 6) is 2.49. The van der Waals surface area contributed by atoms with Gasteiger partial charge in [0.05, 0.1) is 5.56 Å². The normalized spacial score (nSPS) is 21.5. The number of rotatable bonds is 7. The van der Waals surface area contributed by atoms with Gasteiger partial charge in [-0.15, -0.1) is 0 Å². The molecular weight excluding hydrogens is 400 g/mol. The Morgan fingerprint density at radius 1 is 1.03 bits per heavy atom. The van der Waals surface area contributed by atoms with Crippen molar-refractivity contribution in [3.63, 3.8) is 0 Å². The Morgan fingerprint density at radius 3 is 2.34 bits per heavy atom. The molecule has 0 bridgehead atoms. The molecule has 1 aromatic heterocycles. The summed E-state index contributed by atoms with van der Waals surface area (Å²) in [6.07, 6.45) is 12.5. The van der Waals surface area contributed by atoms with Crippen LogP contribution in [0.4, 0.5) is 11.6 Å². The number of hydrogen-bond donors (Lipinski definition) is 3. The first kappa shape index (κ1) is 23.3. The largest absolute Gasteiger partial charge is 0.373 e. The number of hydrogen-bond acceptors (Lipinski definition) is 6. The third-order valence-corrected chi connectivity index (χ3v) is 7.60. The van der Waals surface area contributed by atoms with Gasteiger partial charge in [0, 0.05) is 57.9 Å². The lowest BCUT2D eigenvalue weighted by molar-refractivity contribution is 0.0906. The fourth-order valence-electron chi connectivity index (χ4n) is 5.69. The van der Waals surface area contributed by atoms with Crippen molar-refractivity contribution in [1.82, 2.24) is 15.2 Å². The van der Waals surface area contributed by atoms with Crippen LogP contribution in [0.15, 0.2) is 6.07 Å². The van der Waals surface area contributed by atoms with E-state index in [1.165, 1.54) is 45.1 Å². The molecule has 4 N–H and O–H groups in total. The summed E-state index contributed by atoms with van der Waals surface area (Å²) in [5, 5.41) is 6.51. The molecule has 178 valence electrons. The van der Waals surface area contributed by atoms with Crippen molar-refractivity contribution in [2.24, 2.45) is 11.7 Å². The van der Waals surface area contributed by atoms with Crippen molar-refractivity contribution in [3.8, 4) is 0 Å². The molecule has 7 heteroatoms. The van der Waals surface area contributed by atoms with Gasteiger partial charge in [-0.1, -0.05) is 25.7 Å². The summed E-state index contributed by atoms with van der Waals surface area (Å²) >= 11 is 0. The van der Waals surface area contributed by atoms with Crippen LogP contribution in [0.25, 0.3) is 0 Å². The summed E-state index contributed by atoms with van der Waals surface area (Å²) < 4.78 is 0. The van der Waals surface area contributed by atoms with Gasteiger partial charge in [-0.25, -0.2) is 4.98 Å². The minimum atomic E-state index is 0.00310. The lowest BCUT2D eigenvalue weighted by Crippen LogP contribution is -2.46. The molecule has 3 fully saturated rings. The average Bonchev–Trinajstić information content (AvgIpc) is 3.18. The first-order chi connectivity index (χ1) is 15.7. The lowest BCUT2D eigenvalue weighted by atomic mass is 10.0. The van der Waals surface area contributed by atoms with Gasteiger partial charge in [0.2, 0.25) is 0 Å². The monoisotopic (exact) mass is 442 g/mol. The van der Waals surface area contributed by atoms with E-state index >= 15 is 0 Å². The van der Waals surface area contributed by atoms with Gasteiger partial charge in [0.15, 0.2) is 0 Å². The molecule has 0 radical (unpaired) electrons. The van der Waals surface area contributed by atoms with Gasteiger partial charge in [-0.3, -0.25) is 4.79 Å². The fraction of sp³-hybridized carbons (Fsp3) is 0.760. The highest BCUT2D eigenvalue weighted by Crippen LogP contribution is 2.28. The number of aromatic nitrogens is 1. The highest BCUT2D eigenvalue weighted by atomic mass is 16.1. The van der Waals surface area contributed by atoms with E-state index in [1.54, 1.807) is 0 Å². The van der Waals surface area contributed by atoms with Crippen molar-refractivity contribution in [1.29, 1.82) is 0 Å². The van der Waals surface area contributed by atoms with E-state index in [1.807, 2.05) is 13.1 Å². The molecule has 2 saturated heterocycles. The molecule has 0 spiro atoms. The second-order valence-corrected chi connectivity index (χ2v) is 9.92. The zero-order chi connectivity index (χ0) is 22.3. The minimum absolute atomic E-state index is 0.00310. The third kappa shape index (κ3) is 5.73. The average molecular weight is 443 g/mol. The van der Waals surface area contributed by atoms with Crippen molar-refractivity contribution in [2.75, 3.05) is 50.0 Å². The Hall–Kier alpha value is -1.86. The first-order valence-electron chi connectivity index (χ1n) is 12.9. The van der Waals surface area contributed by atoms with Gasteiger partial charge in [-0.2, -0.15) is 0 Å². The van der Waals surface area contributed by atoms with Crippen molar-refractivity contribution < 1.29 is 4.79 Å². The van der Waals surface area contributed by atoms with Crippen LogP contribution in [0, 0.1) is 5.92 Å². The van der Waals surface area contributed by atoms with E-state index in [0.29, 0.717) is 12.1 Å². The first-order valence-corrected chi connectivity index (χ1v) is 12.9. The zero-order valence-corrected chi connectivity index (χ0v) is 19.9. The zero-order valence-electron chi connectivity index (χ0n) is 19.9. The maximum Gasteiger partial charge on any atom is 0.255 e. The Bertz CT molecular complexity index is 747. The Labute approximate surface area is 193 Å². The molecule has 1 saturated carbocycles. The molecule has 1 aromatic rings. The van der Waals surface area contributed by atoms with E-state index in [4.69, 9.17) is 10.7 Å². The van der Waals surface area contributed by atoms with Crippen LogP contribution in [0.3, 0.4) is 0 Å². The number of nitrogens with one attached hydrogen (secondary N) is 2. The number of anilines is 2. The van der Waals surface area contributed by atoms with E-state index < -0.39 is 0 Å². The molecule has 0 unspecified atom stereocenters. The number of likely N-dealkylation sites (tertiary alicyclic amines) is 1. The van der Waals surface area contributed by atoms with Crippen molar-refractivity contribution >= 4 is 17.5 Å². The smallest absolute Gasteiger partial charge is 0.255 e. The second kappa shape index (κ2) is 11.3. The molecule has 0 atom stereocenters. The molecular formula is C25H42N6O. The predicted octanol–water partition coefficient (Wildman–Crippen LogP) is 3.35. The number of carbonyl (C=O) groups excluding carboxylic acids is 1. The Balaban J connectivity index is 1.43. The Morgan fingerprint density at radius 2 is 1.72 bits per heavy atom. The quantitative estimate of drug-likeness (QED) is 0.600. The van der Waals surface area contributed by atoms with Crippen LogP contribution in [-0.2, 0) is 6.54 Å². The number of amides is 1. The van der Waals surface area contributed by atoms with E-state index in [9.17, 15) is 4.79 Å². The molecule has 32 heavy (non-hydrogen) atoms. The van der Waals surface area contributed by atoms with Crippen molar-refractivity contribution in [2.45, 2.75) is 76.8 Å². The van der Waals surface area contributed by atoms with Crippen LogP contribution in [0.2, 0.25) is 0 Å². The van der Waals surface area contributed by atoms with Gasteiger partial charge >= 0.3 is 0 Å². The number of piperidine rings is 1. The summed E-state index contributed by atoms with van der Waals surface area (Å²) in [6, 6.07) is 2.20. The number of carbonyl (C=O) groups is 1. The highest BCUT2D eigenvalue weighted by molar-refractivity contribution is 5.99. The van der Waals surface area contributed by atoms with Gasteiger partial charge < -0.3 is 26.2 Å². The SMILES string of the molecule is CNc1nc(N2CCCCCC2)c(C(=O)NC2CCN(CC3CCCC3)CC2)cc1CN.